The van der Waals surface area contributed by atoms with Crippen molar-refractivity contribution in [3.05, 3.63) is 26.7 Å². The first-order valence-electron chi connectivity index (χ1n) is 7.39. The SMILES string of the molecule is Cc1cc(OCC(=O)NCCCCCC(=O)O)c(Br)c(C)c1Cl. The Balaban J connectivity index is 2.33. The summed E-state index contributed by atoms with van der Waals surface area (Å²) in [5.41, 5.74) is 1.77. The van der Waals surface area contributed by atoms with Crippen molar-refractivity contribution < 1.29 is 19.4 Å². The average Bonchev–Trinajstić information content (AvgIpc) is 2.50. The Bertz CT molecular complexity index is 578. The van der Waals surface area contributed by atoms with E-state index in [4.69, 9.17) is 21.4 Å². The zero-order chi connectivity index (χ0) is 17.4. The number of unbranched alkanes of at least 4 members (excludes halogenated alkanes) is 2. The van der Waals surface area contributed by atoms with Crippen LogP contribution in [0.3, 0.4) is 0 Å². The lowest BCUT2D eigenvalue weighted by Gasteiger charge is -2.13. The van der Waals surface area contributed by atoms with Crippen LogP contribution in [-0.4, -0.2) is 30.1 Å². The Morgan fingerprint density at radius 2 is 2.00 bits per heavy atom. The van der Waals surface area contributed by atoms with Gasteiger partial charge in [0.15, 0.2) is 6.61 Å². The second kappa shape index (κ2) is 9.78. The number of hydrogen-bond donors (Lipinski definition) is 2. The van der Waals surface area contributed by atoms with Crippen LogP contribution in [0.4, 0.5) is 0 Å². The number of carbonyl (C=O) groups excluding carboxylic acids is 1. The van der Waals surface area contributed by atoms with Gasteiger partial charge in [-0.25, -0.2) is 0 Å². The molecular formula is C16H21BrClNO4. The third kappa shape index (κ3) is 6.79. The molecule has 0 saturated heterocycles. The minimum absolute atomic E-state index is 0.0752. The molecule has 0 saturated carbocycles. The highest BCUT2D eigenvalue weighted by molar-refractivity contribution is 9.10. The van der Waals surface area contributed by atoms with Gasteiger partial charge in [0.05, 0.1) is 4.47 Å². The molecule has 5 nitrogen and oxygen atoms in total. The van der Waals surface area contributed by atoms with Crippen LogP contribution < -0.4 is 10.1 Å². The molecule has 0 radical (unpaired) electrons. The van der Waals surface area contributed by atoms with Crippen molar-refractivity contribution in [3.63, 3.8) is 0 Å². The van der Waals surface area contributed by atoms with E-state index in [1.807, 2.05) is 13.8 Å². The molecule has 0 aromatic heterocycles. The van der Waals surface area contributed by atoms with Gasteiger partial charge in [0, 0.05) is 18.0 Å². The van der Waals surface area contributed by atoms with Crippen molar-refractivity contribution in [2.75, 3.05) is 13.2 Å². The fraction of sp³-hybridized carbons (Fsp3) is 0.500. The first-order valence-corrected chi connectivity index (χ1v) is 8.56. The molecule has 0 fully saturated rings. The number of amides is 1. The van der Waals surface area contributed by atoms with Crippen LogP contribution in [0.5, 0.6) is 5.75 Å². The summed E-state index contributed by atoms with van der Waals surface area (Å²) in [6, 6.07) is 1.79. The molecule has 0 unspecified atom stereocenters. The van der Waals surface area contributed by atoms with E-state index in [1.54, 1.807) is 6.07 Å². The lowest BCUT2D eigenvalue weighted by molar-refractivity contribution is -0.137. The van der Waals surface area contributed by atoms with E-state index in [1.165, 1.54) is 0 Å². The van der Waals surface area contributed by atoms with E-state index in [0.29, 0.717) is 23.7 Å². The molecular weight excluding hydrogens is 386 g/mol. The summed E-state index contributed by atoms with van der Waals surface area (Å²) in [4.78, 5) is 22.1. The van der Waals surface area contributed by atoms with E-state index < -0.39 is 5.97 Å². The predicted octanol–water partition coefficient (Wildman–Crippen LogP) is 3.86. The maximum Gasteiger partial charge on any atom is 0.303 e. The van der Waals surface area contributed by atoms with Gasteiger partial charge in [-0.3, -0.25) is 9.59 Å². The molecule has 0 spiro atoms. The lowest BCUT2D eigenvalue weighted by atomic mass is 10.1. The van der Waals surface area contributed by atoms with Gasteiger partial charge in [-0.15, -0.1) is 0 Å². The molecule has 0 aliphatic carbocycles. The Hall–Kier alpha value is -1.27. The first-order chi connectivity index (χ1) is 10.8. The summed E-state index contributed by atoms with van der Waals surface area (Å²) in [5.74, 6) is -0.414. The minimum Gasteiger partial charge on any atom is -0.483 e. The number of benzene rings is 1. The van der Waals surface area contributed by atoms with Gasteiger partial charge in [-0.05, 0) is 59.8 Å². The van der Waals surface area contributed by atoms with Crippen LogP contribution in [0.1, 0.15) is 36.8 Å². The molecule has 1 rings (SSSR count). The molecule has 0 bridgehead atoms. The maximum absolute atomic E-state index is 11.7. The van der Waals surface area contributed by atoms with Crippen LogP contribution in [-0.2, 0) is 9.59 Å². The van der Waals surface area contributed by atoms with Gasteiger partial charge in [0.2, 0.25) is 0 Å². The number of carboxylic acid groups (broad SMARTS) is 1. The Morgan fingerprint density at radius 3 is 2.65 bits per heavy atom. The molecule has 0 atom stereocenters. The zero-order valence-corrected chi connectivity index (χ0v) is 15.6. The molecule has 2 N–H and O–H groups in total. The number of carbonyl (C=O) groups is 2. The summed E-state index contributed by atoms with van der Waals surface area (Å²) < 4.78 is 6.27. The summed E-state index contributed by atoms with van der Waals surface area (Å²) in [6.45, 7) is 4.20. The van der Waals surface area contributed by atoms with Crippen LogP contribution in [0.2, 0.25) is 5.02 Å². The van der Waals surface area contributed by atoms with Gasteiger partial charge in [0.25, 0.3) is 5.91 Å². The van der Waals surface area contributed by atoms with Gasteiger partial charge < -0.3 is 15.2 Å². The van der Waals surface area contributed by atoms with Crippen molar-refractivity contribution in [1.82, 2.24) is 5.32 Å². The standard InChI is InChI=1S/C16H21BrClNO4/c1-10-8-12(15(17)11(2)16(10)18)23-9-13(20)19-7-5-3-4-6-14(21)22/h8H,3-7,9H2,1-2H3,(H,19,20)(H,21,22). The molecule has 7 heteroatoms. The topological polar surface area (TPSA) is 75.6 Å². The Morgan fingerprint density at radius 1 is 1.30 bits per heavy atom. The quantitative estimate of drug-likeness (QED) is 0.611. The second-order valence-corrected chi connectivity index (χ2v) is 6.46. The van der Waals surface area contributed by atoms with Crippen molar-refractivity contribution in [2.45, 2.75) is 39.5 Å². The zero-order valence-electron chi connectivity index (χ0n) is 13.2. The maximum atomic E-state index is 11.7. The third-order valence-corrected chi connectivity index (χ3v) is 4.88. The Labute approximate surface area is 149 Å². The highest BCUT2D eigenvalue weighted by Gasteiger charge is 2.12. The van der Waals surface area contributed by atoms with Crippen LogP contribution in [0, 0.1) is 13.8 Å². The van der Waals surface area contributed by atoms with E-state index in [-0.39, 0.29) is 18.9 Å². The Kier molecular flexibility index (Phi) is 8.41. The predicted molar refractivity (Wildman–Crippen MR) is 93.2 cm³/mol. The first kappa shape index (κ1) is 19.8. The number of ether oxygens (including phenoxy) is 1. The lowest BCUT2D eigenvalue weighted by Crippen LogP contribution is -2.29. The minimum atomic E-state index is -0.790. The molecule has 0 aliphatic rings. The number of hydrogen-bond acceptors (Lipinski definition) is 3. The second-order valence-electron chi connectivity index (χ2n) is 5.29. The third-order valence-electron chi connectivity index (χ3n) is 3.32. The van der Waals surface area contributed by atoms with Gasteiger partial charge in [-0.1, -0.05) is 18.0 Å². The number of carboxylic acids is 1. The van der Waals surface area contributed by atoms with Crippen molar-refractivity contribution in [2.24, 2.45) is 0 Å². The summed E-state index contributed by atoms with van der Waals surface area (Å²) in [5, 5.41) is 11.9. The van der Waals surface area contributed by atoms with Gasteiger partial charge >= 0.3 is 5.97 Å². The monoisotopic (exact) mass is 405 g/mol. The molecule has 0 heterocycles. The fourth-order valence-electron chi connectivity index (χ4n) is 2.01. The molecule has 23 heavy (non-hydrogen) atoms. The number of halogens is 2. The number of nitrogens with one attached hydrogen (secondary N) is 1. The highest BCUT2D eigenvalue weighted by Crippen LogP contribution is 2.35. The fourth-order valence-corrected chi connectivity index (χ4v) is 2.70. The molecule has 1 amide bonds. The summed E-state index contributed by atoms with van der Waals surface area (Å²) in [6.07, 6.45) is 2.31. The number of aryl methyl sites for hydroxylation is 1. The highest BCUT2D eigenvalue weighted by atomic mass is 79.9. The van der Waals surface area contributed by atoms with Crippen LogP contribution in [0.25, 0.3) is 0 Å². The van der Waals surface area contributed by atoms with Gasteiger partial charge in [0.1, 0.15) is 5.75 Å². The summed E-state index contributed by atoms with van der Waals surface area (Å²) >= 11 is 9.56. The largest absolute Gasteiger partial charge is 0.483 e. The number of rotatable bonds is 9. The smallest absolute Gasteiger partial charge is 0.303 e. The van der Waals surface area contributed by atoms with Crippen molar-refractivity contribution >= 4 is 39.4 Å². The van der Waals surface area contributed by atoms with Crippen LogP contribution in [0.15, 0.2) is 10.5 Å². The van der Waals surface area contributed by atoms with E-state index >= 15 is 0 Å². The van der Waals surface area contributed by atoms with E-state index in [0.717, 1.165) is 28.4 Å². The molecule has 128 valence electrons. The van der Waals surface area contributed by atoms with Gasteiger partial charge in [-0.2, -0.15) is 0 Å². The van der Waals surface area contributed by atoms with E-state index in [9.17, 15) is 9.59 Å². The average molecular weight is 407 g/mol. The van der Waals surface area contributed by atoms with Crippen molar-refractivity contribution in [3.8, 4) is 5.75 Å². The molecule has 0 aliphatic heterocycles. The normalized spacial score (nSPS) is 10.4. The number of aliphatic carboxylic acids is 1. The molecule has 1 aromatic carbocycles. The van der Waals surface area contributed by atoms with Crippen molar-refractivity contribution in [1.29, 1.82) is 0 Å². The van der Waals surface area contributed by atoms with Crippen LogP contribution >= 0.6 is 27.5 Å². The summed E-state index contributed by atoms with van der Waals surface area (Å²) in [7, 11) is 0. The molecule has 1 aromatic rings. The van der Waals surface area contributed by atoms with E-state index in [2.05, 4.69) is 21.2 Å².